The first-order valence-corrected chi connectivity index (χ1v) is 8.99. The molecule has 1 aromatic carbocycles. The molecule has 0 radical (unpaired) electrons. The summed E-state index contributed by atoms with van der Waals surface area (Å²) in [5.74, 6) is 2.44. The molecule has 0 atom stereocenters. The largest absolute Gasteiger partial charge is 0.310 e. The Balaban J connectivity index is 1.84. The van der Waals surface area contributed by atoms with Crippen molar-refractivity contribution in [2.45, 2.75) is 32.6 Å². The van der Waals surface area contributed by atoms with Crippen LogP contribution in [0, 0.1) is 0 Å². The van der Waals surface area contributed by atoms with Crippen LogP contribution >= 0.6 is 11.8 Å². The summed E-state index contributed by atoms with van der Waals surface area (Å²) in [7, 11) is 0. The molecule has 1 N–H and O–H groups in total. The van der Waals surface area contributed by atoms with Gasteiger partial charge >= 0.3 is 0 Å². The van der Waals surface area contributed by atoms with Crippen LogP contribution in [0.2, 0.25) is 0 Å². The minimum absolute atomic E-state index is 0.0604. The maximum absolute atomic E-state index is 12.2. The van der Waals surface area contributed by atoms with Crippen molar-refractivity contribution >= 4 is 23.5 Å². The van der Waals surface area contributed by atoms with Crippen LogP contribution in [0.15, 0.2) is 30.3 Å². The number of nitrogens with zero attached hydrogens (tertiary/aromatic N) is 2. The van der Waals surface area contributed by atoms with E-state index in [4.69, 9.17) is 5.10 Å². The minimum atomic E-state index is 0.0604. The van der Waals surface area contributed by atoms with E-state index in [2.05, 4.69) is 12.2 Å². The lowest BCUT2D eigenvalue weighted by Gasteiger charge is -2.11. The predicted molar refractivity (Wildman–Crippen MR) is 91.8 cm³/mol. The monoisotopic (exact) mass is 315 g/mol. The van der Waals surface area contributed by atoms with Crippen LogP contribution < -0.4 is 5.32 Å². The van der Waals surface area contributed by atoms with Gasteiger partial charge < -0.3 is 5.32 Å². The Kier molecular flexibility index (Phi) is 4.83. The lowest BCUT2D eigenvalue weighted by Crippen LogP contribution is -2.18. The van der Waals surface area contributed by atoms with E-state index in [1.54, 1.807) is 11.8 Å². The molecule has 1 aliphatic rings. The lowest BCUT2D eigenvalue weighted by atomic mass is 10.2. The highest BCUT2D eigenvalue weighted by Gasteiger charge is 2.24. The summed E-state index contributed by atoms with van der Waals surface area (Å²) < 4.78 is 1.88. The van der Waals surface area contributed by atoms with Gasteiger partial charge in [-0.1, -0.05) is 25.1 Å². The Hall–Kier alpha value is -1.75. The van der Waals surface area contributed by atoms with Gasteiger partial charge in [-0.05, 0) is 43.6 Å². The van der Waals surface area contributed by atoms with Gasteiger partial charge in [0.1, 0.15) is 5.82 Å². The number of para-hydroxylation sites is 1. The van der Waals surface area contributed by atoms with Gasteiger partial charge in [-0.25, -0.2) is 4.68 Å². The average Bonchev–Trinajstić information content (AvgIpc) is 3.11. The third-order valence-corrected chi connectivity index (χ3v) is 4.91. The molecule has 0 spiro atoms. The summed E-state index contributed by atoms with van der Waals surface area (Å²) in [5.41, 5.74) is 3.33. The number of hydrogen-bond donors (Lipinski definition) is 1. The quantitative estimate of drug-likeness (QED) is 0.831. The molecule has 22 heavy (non-hydrogen) atoms. The average molecular weight is 315 g/mol. The van der Waals surface area contributed by atoms with Gasteiger partial charge in [0.2, 0.25) is 5.91 Å². The van der Waals surface area contributed by atoms with Gasteiger partial charge in [0.05, 0.1) is 17.1 Å². The molecule has 5 heteroatoms. The molecule has 3 rings (SSSR count). The van der Waals surface area contributed by atoms with E-state index in [-0.39, 0.29) is 5.91 Å². The minimum Gasteiger partial charge on any atom is -0.310 e. The number of carbonyl (C=O) groups is 1. The highest BCUT2D eigenvalue weighted by atomic mass is 32.2. The third kappa shape index (κ3) is 3.19. The van der Waals surface area contributed by atoms with Crippen LogP contribution in [-0.2, 0) is 17.6 Å². The number of anilines is 1. The molecule has 0 bridgehead atoms. The van der Waals surface area contributed by atoms with E-state index in [1.807, 2.05) is 35.0 Å². The van der Waals surface area contributed by atoms with Crippen molar-refractivity contribution in [3.05, 3.63) is 41.6 Å². The Morgan fingerprint density at radius 2 is 2.14 bits per heavy atom. The van der Waals surface area contributed by atoms with Crippen LogP contribution in [0.4, 0.5) is 5.82 Å². The van der Waals surface area contributed by atoms with Gasteiger partial charge in [0.15, 0.2) is 0 Å². The van der Waals surface area contributed by atoms with Crippen LogP contribution in [-0.4, -0.2) is 27.2 Å². The van der Waals surface area contributed by atoms with Crippen molar-refractivity contribution in [3.8, 4) is 5.69 Å². The van der Waals surface area contributed by atoms with Crippen molar-refractivity contribution in [1.29, 1.82) is 0 Å². The lowest BCUT2D eigenvalue weighted by molar-refractivity contribution is -0.113. The first-order chi connectivity index (χ1) is 10.8. The van der Waals surface area contributed by atoms with Crippen LogP contribution in [0.3, 0.4) is 0 Å². The van der Waals surface area contributed by atoms with E-state index < -0.39 is 0 Å². The summed E-state index contributed by atoms with van der Waals surface area (Å²) in [6.07, 6.45) is 4.22. The van der Waals surface area contributed by atoms with Gasteiger partial charge in [-0.2, -0.15) is 16.9 Å². The molecule has 0 unspecified atom stereocenters. The highest BCUT2D eigenvalue weighted by Crippen LogP contribution is 2.30. The predicted octanol–water partition coefficient (Wildman–Crippen LogP) is 3.44. The van der Waals surface area contributed by atoms with Gasteiger partial charge in [0.25, 0.3) is 0 Å². The first-order valence-electron chi connectivity index (χ1n) is 7.83. The molecule has 1 amide bonds. The molecule has 2 aromatic rings. The van der Waals surface area contributed by atoms with Crippen LogP contribution in [0.25, 0.3) is 5.69 Å². The van der Waals surface area contributed by atoms with E-state index in [0.717, 1.165) is 48.6 Å². The topological polar surface area (TPSA) is 46.9 Å². The fourth-order valence-corrected chi connectivity index (χ4v) is 3.44. The second-order valence-electron chi connectivity index (χ2n) is 5.48. The molecule has 0 aliphatic heterocycles. The second kappa shape index (κ2) is 7.01. The molecule has 1 aliphatic carbocycles. The van der Waals surface area contributed by atoms with Crippen molar-refractivity contribution < 1.29 is 4.79 Å². The molecule has 1 heterocycles. The number of aromatic nitrogens is 2. The van der Waals surface area contributed by atoms with E-state index in [1.165, 1.54) is 5.56 Å². The first kappa shape index (κ1) is 15.2. The molecular formula is C17H21N3OS. The zero-order chi connectivity index (χ0) is 15.4. The maximum Gasteiger partial charge on any atom is 0.235 e. The number of carbonyl (C=O) groups excluding carboxylic acids is 1. The molecule has 0 saturated heterocycles. The number of fused-ring (bicyclic) bond motifs is 1. The molecule has 116 valence electrons. The van der Waals surface area contributed by atoms with E-state index in [9.17, 15) is 4.79 Å². The maximum atomic E-state index is 12.2. The Morgan fingerprint density at radius 1 is 1.32 bits per heavy atom. The zero-order valence-electron chi connectivity index (χ0n) is 12.8. The molecular weight excluding hydrogens is 294 g/mol. The number of nitrogens with one attached hydrogen (secondary N) is 1. The molecule has 1 aromatic heterocycles. The van der Waals surface area contributed by atoms with E-state index in [0.29, 0.717) is 5.75 Å². The Morgan fingerprint density at radius 3 is 2.91 bits per heavy atom. The number of thioether (sulfide) groups is 1. The standard InChI is InChI=1S/C17H21N3OS/c1-2-11-22-12-16(21)18-17-14-9-6-10-15(14)19-20(17)13-7-4-3-5-8-13/h3-5,7-8H,2,6,9-12H2,1H3,(H,18,21). The summed E-state index contributed by atoms with van der Waals surface area (Å²) in [5, 5.41) is 7.79. The van der Waals surface area contributed by atoms with Crippen molar-refractivity contribution in [2.24, 2.45) is 0 Å². The molecule has 0 saturated carbocycles. The number of benzene rings is 1. The summed E-state index contributed by atoms with van der Waals surface area (Å²) in [4.78, 5) is 12.2. The fourth-order valence-electron chi connectivity index (χ4n) is 2.75. The zero-order valence-corrected chi connectivity index (χ0v) is 13.7. The van der Waals surface area contributed by atoms with Gasteiger partial charge in [-0.15, -0.1) is 0 Å². The second-order valence-corrected chi connectivity index (χ2v) is 6.58. The Bertz CT molecular complexity index is 651. The number of amides is 1. The fraction of sp³-hybridized carbons (Fsp3) is 0.412. The van der Waals surface area contributed by atoms with Crippen LogP contribution in [0.5, 0.6) is 0 Å². The highest BCUT2D eigenvalue weighted by molar-refractivity contribution is 7.99. The SMILES string of the molecule is CCCSCC(=O)Nc1c2c(nn1-c1ccccc1)CCC2. The normalized spacial score (nSPS) is 13.1. The van der Waals surface area contributed by atoms with E-state index >= 15 is 0 Å². The van der Waals surface area contributed by atoms with Gasteiger partial charge in [-0.3, -0.25) is 4.79 Å². The molecule has 4 nitrogen and oxygen atoms in total. The van der Waals surface area contributed by atoms with Crippen molar-refractivity contribution in [1.82, 2.24) is 9.78 Å². The number of hydrogen-bond acceptors (Lipinski definition) is 3. The van der Waals surface area contributed by atoms with Gasteiger partial charge in [0, 0.05) is 5.56 Å². The van der Waals surface area contributed by atoms with Crippen LogP contribution in [0.1, 0.15) is 31.0 Å². The number of aryl methyl sites for hydroxylation is 1. The molecule has 0 fully saturated rings. The summed E-state index contributed by atoms with van der Waals surface area (Å²) in [6.45, 7) is 2.13. The number of rotatable bonds is 6. The smallest absolute Gasteiger partial charge is 0.235 e. The van der Waals surface area contributed by atoms with Crippen molar-refractivity contribution in [3.63, 3.8) is 0 Å². The summed E-state index contributed by atoms with van der Waals surface area (Å²) in [6, 6.07) is 10.0. The third-order valence-electron chi connectivity index (χ3n) is 3.75. The van der Waals surface area contributed by atoms with Crippen molar-refractivity contribution in [2.75, 3.05) is 16.8 Å². The Labute approximate surface area is 135 Å². The summed E-state index contributed by atoms with van der Waals surface area (Å²) >= 11 is 1.68.